The average molecular weight is 331 g/mol. The molecule has 0 bridgehead atoms. The minimum Gasteiger partial charge on any atom is -0.347 e. The van der Waals surface area contributed by atoms with Gasteiger partial charge in [-0.25, -0.2) is 13.6 Å². The van der Waals surface area contributed by atoms with E-state index in [4.69, 9.17) is 16.7 Å². The number of thiophene rings is 1. The van der Waals surface area contributed by atoms with Crippen molar-refractivity contribution in [1.29, 1.82) is 0 Å². The van der Waals surface area contributed by atoms with Gasteiger partial charge in [0.2, 0.25) is 10.0 Å². The summed E-state index contributed by atoms with van der Waals surface area (Å²) >= 11 is 6.93. The summed E-state index contributed by atoms with van der Waals surface area (Å²) in [6.45, 7) is 0.213. The number of carbonyl (C=O) groups is 1. The Hall–Kier alpha value is -1.41. The highest BCUT2D eigenvalue weighted by atomic mass is 35.5. The van der Waals surface area contributed by atoms with Crippen molar-refractivity contribution in [1.82, 2.24) is 5.32 Å². The van der Waals surface area contributed by atoms with Crippen LogP contribution in [0.4, 0.5) is 0 Å². The monoisotopic (exact) mass is 330 g/mol. The number of nitrogens with one attached hydrogen (secondary N) is 1. The molecule has 20 heavy (non-hydrogen) atoms. The summed E-state index contributed by atoms with van der Waals surface area (Å²) < 4.78 is 22.3. The molecule has 0 aliphatic carbocycles. The van der Waals surface area contributed by atoms with Crippen LogP contribution in [0.2, 0.25) is 5.02 Å². The third-order valence-electron chi connectivity index (χ3n) is 2.46. The van der Waals surface area contributed by atoms with Crippen LogP contribution in [0, 0.1) is 0 Å². The molecule has 1 aromatic heterocycles. The van der Waals surface area contributed by atoms with Crippen LogP contribution in [0.15, 0.2) is 40.6 Å². The lowest BCUT2D eigenvalue weighted by molar-refractivity contribution is 0.0951. The predicted octanol–water partition coefficient (Wildman–Crippen LogP) is 1.98. The van der Waals surface area contributed by atoms with Gasteiger partial charge < -0.3 is 5.32 Å². The summed E-state index contributed by atoms with van der Waals surface area (Å²) in [5, 5.41) is 8.05. The Morgan fingerprint density at radius 2 is 1.95 bits per heavy atom. The van der Waals surface area contributed by atoms with E-state index in [1.165, 1.54) is 6.07 Å². The molecule has 0 saturated carbocycles. The van der Waals surface area contributed by atoms with Crippen molar-refractivity contribution in [3.8, 4) is 0 Å². The second-order valence-corrected chi connectivity index (χ2v) is 7.29. The van der Waals surface area contributed by atoms with Crippen LogP contribution in [0.1, 0.15) is 15.2 Å². The number of halogens is 1. The van der Waals surface area contributed by atoms with Gasteiger partial charge in [-0.1, -0.05) is 23.7 Å². The van der Waals surface area contributed by atoms with Crippen LogP contribution in [0.3, 0.4) is 0 Å². The molecule has 0 aliphatic heterocycles. The van der Waals surface area contributed by atoms with Crippen LogP contribution in [0.25, 0.3) is 0 Å². The average Bonchev–Trinajstić information content (AvgIpc) is 2.85. The van der Waals surface area contributed by atoms with Gasteiger partial charge in [0.25, 0.3) is 5.91 Å². The van der Waals surface area contributed by atoms with Crippen molar-refractivity contribution in [3.63, 3.8) is 0 Å². The number of carbonyl (C=O) groups excluding carboxylic acids is 1. The minimum absolute atomic E-state index is 0.0690. The van der Waals surface area contributed by atoms with Crippen LogP contribution in [-0.4, -0.2) is 14.3 Å². The van der Waals surface area contributed by atoms with Crippen molar-refractivity contribution in [2.45, 2.75) is 10.8 Å². The fraction of sp³-hybridized carbons (Fsp3) is 0.0833. The molecule has 0 radical (unpaired) electrons. The first-order valence-corrected chi connectivity index (χ1v) is 8.26. The molecule has 0 spiro atoms. The lowest BCUT2D eigenvalue weighted by atomic mass is 10.2. The first-order chi connectivity index (χ1) is 9.38. The number of benzene rings is 1. The lowest BCUT2D eigenvalue weighted by Gasteiger charge is -2.05. The molecule has 2 aromatic rings. The molecule has 0 fully saturated rings. The van der Waals surface area contributed by atoms with E-state index in [0.29, 0.717) is 15.5 Å². The van der Waals surface area contributed by atoms with Crippen molar-refractivity contribution in [2.75, 3.05) is 0 Å². The molecule has 5 nitrogen and oxygen atoms in total. The molecular weight excluding hydrogens is 320 g/mol. The van der Waals surface area contributed by atoms with Gasteiger partial charge in [0.1, 0.15) is 4.21 Å². The third kappa shape index (κ3) is 3.57. The Bertz CT molecular complexity index is 741. The van der Waals surface area contributed by atoms with Crippen molar-refractivity contribution < 1.29 is 13.2 Å². The van der Waals surface area contributed by atoms with E-state index in [2.05, 4.69) is 5.32 Å². The van der Waals surface area contributed by atoms with E-state index in [1.807, 2.05) is 0 Å². The number of nitrogens with two attached hydrogens (primary N) is 1. The van der Waals surface area contributed by atoms with E-state index < -0.39 is 10.0 Å². The third-order valence-corrected chi connectivity index (χ3v) is 5.31. The number of primary sulfonamides is 1. The molecule has 0 aliphatic rings. The van der Waals surface area contributed by atoms with Gasteiger partial charge >= 0.3 is 0 Å². The Balaban J connectivity index is 2.04. The molecule has 0 saturated heterocycles. The van der Waals surface area contributed by atoms with Gasteiger partial charge in [0.05, 0.1) is 17.1 Å². The predicted molar refractivity (Wildman–Crippen MR) is 78.3 cm³/mol. The highest BCUT2D eigenvalue weighted by Gasteiger charge is 2.13. The highest BCUT2D eigenvalue weighted by molar-refractivity contribution is 7.91. The van der Waals surface area contributed by atoms with E-state index >= 15 is 0 Å². The maximum absolute atomic E-state index is 11.9. The topological polar surface area (TPSA) is 89.3 Å². The Kier molecular flexibility index (Phi) is 4.44. The smallest absolute Gasteiger partial charge is 0.253 e. The Labute approximate surface area is 125 Å². The summed E-state index contributed by atoms with van der Waals surface area (Å²) in [5.41, 5.74) is 0.373. The first kappa shape index (κ1) is 15.0. The zero-order chi connectivity index (χ0) is 14.8. The molecule has 0 unspecified atom stereocenters. The molecule has 0 atom stereocenters. The van der Waals surface area contributed by atoms with Gasteiger partial charge in [-0.15, -0.1) is 11.3 Å². The Morgan fingerprint density at radius 3 is 2.55 bits per heavy atom. The van der Waals surface area contributed by atoms with Gasteiger partial charge in [-0.05, 0) is 24.3 Å². The fourth-order valence-corrected chi connectivity index (χ4v) is 3.45. The Morgan fingerprint density at radius 1 is 1.25 bits per heavy atom. The molecule has 1 heterocycles. The summed E-state index contributed by atoms with van der Waals surface area (Å²) in [4.78, 5) is 12.6. The van der Waals surface area contributed by atoms with Crippen LogP contribution >= 0.6 is 22.9 Å². The molecule has 2 rings (SSSR count). The number of hydrogen-bond acceptors (Lipinski definition) is 4. The number of rotatable bonds is 4. The zero-order valence-corrected chi connectivity index (χ0v) is 12.6. The van der Waals surface area contributed by atoms with Crippen LogP contribution in [-0.2, 0) is 16.6 Å². The van der Waals surface area contributed by atoms with Crippen molar-refractivity contribution in [2.24, 2.45) is 5.14 Å². The van der Waals surface area contributed by atoms with Gasteiger partial charge in [0, 0.05) is 4.88 Å². The van der Waals surface area contributed by atoms with Crippen molar-refractivity contribution >= 4 is 38.9 Å². The van der Waals surface area contributed by atoms with Crippen LogP contribution < -0.4 is 10.5 Å². The molecular formula is C12H11ClN2O3S2. The normalized spacial score (nSPS) is 11.3. The van der Waals surface area contributed by atoms with E-state index in [-0.39, 0.29) is 16.7 Å². The maximum atomic E-state index is 11.9. The minimum atomic E-state index is -3.69. The molecule has 1 amide bonds. The second-order valence-electron chi connectivity index (χ2n) is 3.93. The summed E-state index contributed by atoms with van der Waals surface area (Å²) in [7, 11) is -3.69. The SMILES string of the molecule is NS(=O)(=O)c1ccc(CNC(=O)c2ccccc2Cl)s1. The quantitative estimate of drug-likeness (QED) is 0.898. The van der Waals surface area contributed by atoms with Gasteiger partial charge in [-0.2, -0.15) is 0 Å². The number of amides is 1. The fourth-order valence-electron chi connectivity index (χ4n) is 1.51. The standard InChI is InChI=1S/C12H11ClN2O3S2/c13-10-4-2-1-3-9(10)12(16)15-7-8-5-6-11(19-8)20(14,17)18/h1-6H,7H2,(H,15,16)(H2,14,17,18). The van der Waals surface area contributed by atoms with Crippen LogP contribution in [0.5, 0.6) is 0 Å². The summed E-state index contributed by atoms with van der Waals surface area (Å²) in [6, 6.07) is 9.71. The number of sulfonamides is 1. The second kappa shape index (κ2) is 5.92. The van der Waals surface area contributed by atoms with Gasteiger partial charge in [-0.3, -0.25) is 4.79 Å². The summed E-state index contributed by atoms with van der Waals surface area (Å²) in [6.07, 6.45) is 0. The lowest BCUT2D eigenvalue weighted by Crippen LogP contribution is -2.22. The van der Waals surface area contributed by atoms with Crippen molar-refractivity contribution in [3.05, 3.63) is 51.9 Å². The first-order valence-electron chi connectivity index (χ1n) is 5.52. The number of hydrogen-bond donors (Lipinski definition) is 2. The molecule has 8 heteroatoms. The van der Waals surface area contributed by atoms with E-state index in [1.54, 1.807) is 30.3 Å². The summed E-state index contributed by atoms with van der Waals surface area (Å²) in [5.74, 6) is -0.318. The van der Waals surface area contributed by atoms with E-state index in [9.17, 15) is 13.2 Å². The highest BCUT2D eigenvalue weighted by Crippen LogP contribution is 2.20. The van der Waals surface area contributed by atoms with E-state index in [0.717, 1.165) is 11.3 Å². The molecule has 3 N–H and O–H groups in total. The zero-order valence-electron chi connectivity index (χ0n) is 10.2. The largest absolute Gasteiger partial charge is 0.347 e. The molecule has 106 valence electrons. The van der Waals surface area contributed by atoms with Gasteiger partial charge in [0.15, 0.2) is 0 Å². The molecule has 1 aromatic carbocycles. The maximum Gasteiger partial charge on any atom is 0.253 e.